The highest BCUT2D eigenvalue weighted by Crippen LogP contribution is 2.38. The van der Waals surface area contributed by atoms with Crippen LogP contribution in [-0.2, 0) is 20.4 Å². The van der Waals surface area contributed by atoms with Gasteiger partial charge in [-0.1, -0.05) is 44.2 Å². The normalized spacial score (nSPS) is 15.3. The number of carbonyl (C=O) groups is 2. The minimum absolute atomic E-state index is 0.0101. The molecule has 0 saturated heterocycles. The zero-order valence-electron chi connectivity index (χ0n) is 15.8. The first kappa shape index (κ1) is 18.2. The average Bonchev–Trinajstić information content (AvgIpc) is 2.83. The van der Waals surface area contributed by atoms with Crippen LogP contribution >= 0.6 is 0 Å². The molecule has 0 bridgehead atoms. The first-order valence-corrected chi connectivity index (χ1v) is 9.01. The summed E-state index contributed by atoms with van der Waals surface area (Å²) < 4.78 is 0. The molecule has 1 aliphatic rings. The quantitative estimate of drug-likeness (QED) is 0.827. The smallest absolute Gasteiger partial charge is 0.234 e. The molecule has 3 rings (SSSR count). The van der Waals surface area contributed by atoms with E-state index in [4.69, 9.17) is 0 Å². The van der Waals surface area contributed by atoms with Crippen molar-refractivity contribution in [2.24, 2.45) is 0 Å². The molecule has 26 heavy (non-hydrogen) atoms. The molecule has 0 spiro atoms. The Kier molecular flexibility index (Phi) is 4.61. The van der Waals surface area contributed by atoms with Crippen LogP contribution in [0.1, 0.15) is 51.7 Å². The van der Waals surface area contributed by atoms with E-state index in [0.29, 0.717) is 6.42 Å². The predicted octanol–water partition coefficient (Wildman–Crippen LogP) is 4.61. The minimum Gasteiger partial charge on any atom is -0.326 e. The Labute approximate surface area is 155 Å². The van der Waals surface area contributed by atoms with E-state index >= 15 is 0 Å². The Morgan fingerprint density at radius 1 is 1.12 bits per heavy atom. The highest BCUT2D eigenvalue weighted by Gasteiger charge is 2.38. The standard InChI is InChI=1S/C22H26N2O2/c1-21(2,15-8-6-5-7-9-15)13-12-19(25)23-16-10-11-18-17(14-16)22(3,4)20(26)24-18/h5-11,14H,12-13H2,1-4H3,(H,23,25)(H,24,26). The summed E-state index contributed by atoms with van der Waals surface area (Å²) in [5, 5.41) is 5.85. The number of fused-ring (bicyclic) bond motifs is 1. The Bertz CT molecular complexity index is 838. The number of nitrogens with one attached hydrogen (secondary N) is 2. The monoisotopic (exact) mass is 350 g/mol. The number of anilines is 2. The van der Waals surface area contributed by atoms with E-state index < -0.39 is 5.41 Å². The minimum atomic E-state index is -0.578. The summed E-state index contributed by atoms with van der Waals surface area (Å²) >= 11 is 0. The van der Waals surface area contributed by atoms with Gasteiger partial charge in [-0.05, 0) is 55.0 Å². The van der Waals surface area contributed by atoms with Gasteiger partial charge in [0.15, 0.2) is 0 Å². The molecule has 4 heteroatoms. The maximum atomic E-state index is 12.4. The fraction of sp³-hybridized carbons (Fsp3) is 0.364. The molecule has 2 amide bonds. The number of rotatable bonds is 5. The molecule has 0 saturated carbocycles. The molecule has 2 N–H and O–H groups in total. The second kappa shape index (κ2) is 6.60. The molecule has 1 aliphatic heterocycles. The van der Waals surface area contributed by atoms with Crippen molar-refractivity contribution in [2.45, 2.75) is 51.4 Å². The lowest BCUT2D eigenvalue weighted by molar-refractivity contribution is -0.119. The van der Waals surface area contributed by atoms with Crippen LogP contribution in [0.2, 0.25) is 0 Å². The molecule has 2 aromatic rings. The van der Waals surface area contributed by atoms with Gasteiger partial charge in [-0.15, -0.1) is 0 Å². The van der Waals surface area contributed by atoms with Crippen molar-refractivity contribution in [3.63, 3.8) is 0 Å². The molecule has 1 heterocycles. The van der Waals surface area contributed by atoms with Gasteiger partial charge >= 0.3 is 0 Å². The van der Waals surface area contributed by atoms with Crippen molar-refractivity contribution < 1.29 is 9.59 Å². The lowest BCUT2D eigenvalue weighted by Crippen LogP contribution is -2.27. The maximum Gasteiger partial charge on any atom is 0.234 e. The lowest BCUT2D eigenvalue weighted by atomic mass is 9.80. The molecular weight excluding hydrogens is 324 g/mol. The van der Waals surface area contributed by atoms with Gasteiger partial charge in [-0.25, -0.2) is 0 Å². The zero-order chi connectivity index (χ0) is 18.9. The molecule has 0 atom stereocenters. The predicted molar refractivity (Wildman–Crippen MR) is 105 cm³/mol. The molecule has 0 radical (unpaired) electrons. The molecular formula is C22H26N2O2. The highest BCUT2D eigenvalue weighted by atomic mass is 16.2. The molecule has 0 unspecified atom stereocenters. The van der Waals surface area contributed by atoms with Crippen LogP contribution in [0.3, 0.4) is 0 Å². The summed E-state index contributed by atoms with van der Waals surface area (Å²) in [6.45, 7) is 8.10. The van der Waals surface area contributed by atoms with Crippen LogP contribution < -0.4 is 10.6 Å². The van der Waals surface area contributed by atoms with E-state index in [-0.39, 0.29) is 17.2 Å². The summed E-state index contributed by atoms with van der Waals surface area (Å²) in [5.74, 6) is -0.0235. The van der Waals surface area contributed by atoms with Gasteiger partial charge in [-0.2, -0.15) is 0 Å². The van der Waals surface area contributed by atoms with Crippen LogP contribution in [0.4, 0.5) is 11.4 Å². The summed E-state index contributed by atoms with van der Waals surface area (Å²) in [6, 6.07) is 15.8. The van der Waals surface area contributed by atoms with E-state index in [1.54, 1.807) is 0 Å². The molecule has 136 valence electrons. The van der Waals surface area contributed by atoms with E-state index in [1.807, 2.05) is 50.2 Å². The van der Waals surface area contributed by atoms with E-state index in [0.717, 1.165) is 23.4 Å². The van der Waals surface area contributed by atoms with Gasteiger partial charge < -0.3 is 10.6 Å². The fourth-order valence-corrected chi connectivity index (χ4v) is 3.33. The van der Waals surface area contributed by atoms with Crippen molar-refractivity contribution in [3.05, 3.63) is 59.7 Å². The van der Waals surface area contributed by atoms with Crippen LogP contribution in [-0.4, -0.2) is 11.8 Å². The number of benzene rings is 2. The van der Waals surface area contributed by atoms with Gasteiger partial charge in [0.1, 0.15) is 0 Å². The van der Waals surface area contributed by atoms with Gasteiger partial charge in [0.05, 0.1) is 5.41 Å². The molecule has 0 aliphatic carbocycles. The van der Waals surface area contributed by atoms with Crippen molar-refractivity contribution in [1.82, 2.24) is 0 Å². The summed E-state index contributed by atoms with van der Waals surface area (Å²) in [5.41, 5.74) is 3.07. The zero-order valence-corrected chi connectivity index (χ0v) is 15.8. The van der Waals surface area contributed by atoms with E-state index in [2.05, 4.69) is 36.6 Å². The highest BCUT2D eigenvalue weighted by molar-refractivity contribution is 6.06. The van der Waals surface area contributed by atoms with E-state index in [9.17, 15) is 9.59 Å². The largest absolute Gasteiger partial charge is 0.326 e. The lowest BCUT2D eigenvalue weighted by Gasteiger charge is -2.25. The van der Waals surface area contributed by atoms with Gasteiger partial charge in [0.25, 0.3) is 0 Å². The number of carbonyl (C=O) groups excluding carboxylic acids is 2. The summed E-state index contributed by atoms with van der Waals surface area (Å²) in [4.78, 5) is 24.5. The molecule has 0 aromatic heterocycles. The summed E-state index contributed by atoms with van der Waals surface area (Å²) in [7, 11) is 0. The average molecular weight is 350 g/mol. The Balaban J connectivity index is 1.65. The Morgan fingerprint density at radius 2 is 1.81 bits per heavy atom. The van der Waals surface area contributed by atoms with Gasteiger partial charge in [-0.3, -0.25) is 9.59 Å². The van der Waals surface area contributed by atoms with Crippen LogP contribution in [0.15, 0.2) is 48.5 Å². The first-order valence-electron chi connectivity index (χ1n) is 9.01. The van der Waals surface area contributed by atoms with Crippen molar-refractivity contribution in [2.75, 3.05) is 10.6 Å². The topological polar surface area (TPSA) is 58.2 Å². The third-order valence-corrected chi connectivity index (χ3v) is 5.32. The fourth-order valence-electron chi connectivity index (χ4n) is 3.33. The van der Waals surface area contributed by atoms with Crippen molar-refractivity contribution >= 4 is 23.2 Å². The third-order valence-electron chi connectivity index (χ3n) is 5.32. The number of hydrogen-bond acceptors (Lipinski definition) is 2. The van der Waals surface area contributed by atoms with Gasteiger partial charge in [0, 0.05) is 17.8 Å². The maximum absolute atomic E-state index is 12.4. The van der Waals surface area contributed by atoms with Crippen molar-refractivity contribution in [3.8, 4) is 0 Å². The SMILES string of the molecule is CC(C)(CCC(=O)Nc1ccc2c(c1)C(C)(C)C(=O)N2)c1ccccc1. The molecule has 2 aromatic carbocycles. The van der Waals surface area contributed by atoms with Crippen LogP contribution in [0, 0.1) is 0 Å². The van der Waals surface area contributed by atoms with E-state index in [1.165, 1.54) is 5.56 Å². The van der Waals surface area contributed by atoms with Gasteiger partial charge in [0.2, 0.25) is 11.8 Å². The second-order valence-electron chi connectivity index (χ2n) is 8.14. The molecule has 0 fully saturated rings. The number of hydrogen-bond donors (Lipinski definition) is 2. The molecule has 4 nitrogen and oxygen atoms in total. The van der Waals surface area contributed by atoms with Crippen molar-refractivity contribution in [1.29, 1.82) is 0 Å². The third kappa shape index (κ3) is 3.50. The second-order valence-corrected chi connectivity index (χ2v) is 8.14. The Morgan fingerprint density at radius 3 is 2.50 bits per heavy atom. The number of amides is 2. The Hall–Kier alpha value is -2.62. The van der Waals surface area contributed by atoms with Crippen LogP contribution in [0.25, 0.3) is 0 Å². The first-order chi connectivity index (χ1) is 12.2. The van der Waals surface area contributed by atoms with Crippen LogP contribution in [0.5, 0.6) is 0 Å². The summed E-state index contributed by atoms with van der Waals surface area (Å²) in [6.07, 6.45) is 1.21.